The first-order valence-electron chi connectivity index (χ1n) is 5.21. The summed E-state index contributed by atoms with van der Waals surface area (Å²) >= 11 is 0. The number of hydrogen-bond donors (Lipinski definition) is 1. The standard InChI is InChI=1S/C13H14FNO/c1-9-6-7-11(16-9)8-15-13-5-3-4-12(14)10(13)2/h3-7,15H,8H2,1-2H3. The molecule has 0 radical (unpaired) electrons. The van der Waals surface area contributed by atoms with Gasteiger partial charge in [-0.25, -0.2) is 4.39 Å². The van der Waals surface area contributed by atoms with Crippen molar-refractivity contribution in [3.05, 3.63) is 53.2 Å². The highest BCUT2D eigenvalue weighted by Gasteiger charge is 2.03. The first kappa shape index (κ1) is 10.7. The van der Waals surface area contributed by atoms with Gasteiger partial charge in [-0.15, -0.1) is 0 Å². The molecule has 0 aliphatic carbocycles. The maximum atomic E-state index is 13.2. The predicted octanol–water partition coefficient (Wildman–Crippen LogP) is 3.65. The van der Waals surface area contributed by atoms with E-state index < -0.39 is 0 Å². The minimum Gasteiger partial charge on any atom is -0.465 e. The van der Waals surface area contributed by atoms with Crippen molar-refractivity contribution >= 4 is 5.69 Å². The second-order valence-electron chi connectivity index (χ2n) is 3.78. The van der Waals surface area contributed by atoms with E-state index in [1.54, 1.807) is 13.0 Å². The Morgan fingerprint density at radius 2 is 2.00 bits per heavy atom. The Bertz CT molecular complexity index is 490. The topological polar surface area (TPSA) is 25.2 Å². The molecular formula is C13H14FNO. The number of benzene rings is 1. The number of nitrogens with one attached hydrogen (secondary N) is 1. The van der Waals surface area contributed by atoms with Gasteiger partial charge in [0.2, 0.25) is 0 Å². The minimum atomic E-state index is -0.194. The third-order valence-corrected chi connectivity index (χ3v) is 2.52. The van der Waals surface area contributed by atoms with Crippen molar-refractivity contribution in [3.8, 4) is 0 Å². The average molecular weight is 219 g/mol. The summed E-state index contributed by atoms with van der Waals surface area (Å²) in [5, 5.41) is 3.15. The predicted molar refractivity (Wildman–Crippen MR) is 61.9 cm³/mol. The van der Waals surface area contributed by atoms with E-state index >= 15 is 0 Å². The molecule has 2 aromatic rings. The third-order valence-electron chi connectivity index (χ3n) is 2.52. The van der Waals surface area contributed by atoms with Gasteiger partial charge < -0.3 is 9.73 Å². The summed E-state index contributed by atoms with van der Waals surface area (Å²) in [7, 11) is 0. The molecule has 84 valence electrons. The highest BCUT2D eigenvalue weighted by atomic mass is 19.1. The Kier molecular flexibility index (Phi) is 2.95. The molecule has 0 fully saturated rings. The van der Waals surface area contributed by atoms with E-state index in [2.05, 4.69) is 5.32 Å². The Morgan fingerprint density at radius 3 is 2.69 bits per heavy atom. The molecule has 2 nitrogen and oxygen atoms in total. The van der Waals surface area contributed by atoms with E-state index in [1.165, 1.54) is 6.07 Å². The van der Waals surface area contributed by atoms with Crippen LogP contribution in [-0.4, -0.2) is 0 Å². The van der Waals surface area contributed by atoms with E-state index in [1.807, 2.05) is 25.1 Å². The van der Waals surface area contributed by atoms with Gasteiger partial charge in [0.05, 0.1) is 6.54 Å². The average Bonchev–Trinajstić information content (AvgIpc) is 2.67. The molecule has 0 saturated heterocycles. The summed E-state index contributed by atoms with van der Waals surface area (Å²) in [6, 6.07) is 8.83. The van der Waals surface area contributed by atoms with Crippen molar-refractivity contribution in [1.29, 1.82) is 0 Å². The Balaban J connectivity index is 2.07. The monoisotopic (exact) mass is 219 g/mol. The lowest BCUT2D eigenvalue weighted by molar-refractivity contribution is 0.490. The highest BCUT2D eigenvalue weighted by molar-refractivity contribution is 5.50. The molecule has 3 heteroatoms. The van der Waals surface area contributed by atoms with Crippen LogP contribution in [0.4, 0.5) is 10.1 Å². The fourth-order valence-electron chi connectivity index (χ4n) is 1.56. The second-order valence-corrected chi connectivity index (χ2v) is 3.78. The highest BCUT2D eigenvalue weighted by Crippen LogP contribution is 2.18. The number of hydrogen-bond acceptors (Lipinski definition) is 2. The normalized spacial score (nSPS) is 10.4. The molecule has 0 unspecified atom stereocenters. The molecule has 0 atom stereocenters. The largest absolute Gasteiger partial charge is 0.465 e. The molecule has 0 spiro atoms. The molecule has 0 aliphatic rings. The number of aryl methyl sites for hydroxylation is 1. The fourth-order valence-corrected chi connectivity index (χ4v) is 1.56. The van der Waals surface area contributed by atoms with Crippen LogP contribution in [-0.2, 0) is 6.54 Å². The van der Waals surface area contributed by atoms with Crippen molar-refractivity contribution in [1.82, 2.24) is 0 Å². The zero-order chi connectivity index (χ0) is 11.5. The lowest BCUT2D eigenvalue weighted by Gasteiger charge is -2.08. The van der Waals surface area contributed by atoms with Gasteiger partial charge in [0.25, 0.3) is 0 Å². The van der Waals surface area contributed by atoms with E-state index in [9.17, 15) is 4.39 Å². The van der Waals surface area contributed by atoms with E-state index in [0.29, 0.717) is 12.1 Å². The van der Waals surface area contributed by atoms with Crippen molar-refractivity contribution in [2.75, 3.05) is 5.32 Å². The van der Waals surface area contributed by atoms with Gasteiger partial charge in [-0.1, -0.05) is 6.07 Å². The van der Waals surface area contributed by atoms with E-state index in [4.69, 9.17) is 4.42 Å². The zero-order valence-corrected chi connectivity index (χ0v) is 9.38. The van der Waals surface area contributed by atoms with Crippen LogP contribution in [0.3, 0.4) is 0 Å². The molecule has 0 bridgehead atoms. The lowest BCUT2D eigenvalue weighted by atomic mass is 10.2. The summed E-state index contributed by atoms with van der Waals surface area (Å²) in [4.78, 5) is 0. The van der Waals surface area contributed by atoms with E-state index in [-0.39, 0.29) is 5.82 Å². The first-order valence-corrected chi connectivity index (χ1v) is 5.21. The third kappa shape index (κ3) is 2.24. The van der Waals surface area contributed by atoms with Crippen LogP contribution in [0.5, 0.6) is 0 Å². The molecule has 0 saturated carbocycles. The van der Waals surface area contributed by atoms with E-state index in [0.717, 1.165) is 17.2 Å². The minimum absolute atomic E-state index is 0.194. The maximum absolute atomic E-state index is 13.2. The Labute approximate surface area is 94.1 Å². The molecule has 1 aromatic heterocycles. The number of halogens is 1. The smallest absolute Gasteiger partial charge is 0.128 e. The first-order chi connectivity index (χ1) is 7.66. The maximum Gasteiger partial charge on any atom is 0.128 e. The summed E-state index contributed by atoms with van der Waals surface area (Å²) < 4.78 is 18.7. The molecular weight excluding hydrogens is 205 g/mol. The van der Waals surface area contributed by atoms with Gasteiger partial charge in [-0.2, -0.15) is 0 Å². The number of furan rings is 1. The number of rotatable bonds is 3. The van der Waals surface area contributed by atoms with Crippen molar-refractivity contribution < 1.29 is 8.81 Å². The van der Waals surface area contributed by atoms with Gasteiger partial charge in [-0.05, 0) is 38.1 Å². The quantitative estimate of drug-likeness (QED) is 0.852. The Morgan fingerprint density at radius 1 is 1.19 bits per heavy atom. The van der Waals surface area contributed by atoms with Gasteiger partial charge in [0.15, 0.2) is 0 Å². The molecule has 1 N–H and O–H groups in total. The van der Waals surface area contributed by atoms with Gasteiger partial charge in [0.1, 0.15) is 17.3 Å². The van der Waals surface area contributed by atoms with Crippen LogP contribution in [0.15, 0.2) is 34.7 Å². The summed E-state index contributed by atoms with van der Waals surface area (Å²) in [5.74, 6) is 1.54. The molecule has 16 heavy (non-hydrogen) atoms. The molecule has 0 aliphatic heterocycles. The van der Waals surface area contributed by atoms with Crippen LogP contribution in [0.25, 0.3) is 0 Å². The number of anilines is 1. The summed E-state index contributed by atoms with van der Waals surface area (Å²) in [6.45, 7) is 4.22. The summed E-state index contributed by atoms with van der Waals surface area (Å²) in [5.41, 5.74) is 1.43. The van der Waals surface area contributed by atoms with Gasteiger partial charge in [-0.3, -0.25) is 0 Å². The molecule has 2 rings (SSSR count). The van der Waals surface area contributed by atoms with Crippen LogP contribution >= 0.6 is 0 Å². The van der Waals surface area contributed by atoms with Crippen LogP contribution in [0, 0.1) is 19.7 Å². The molecule has 1 aromatic carbocycles. The van der Waals surface area contributed by atoms with Crippen molar-refractivity contribution in [2.24, 2.45) is 0 Å². The molecule has 1 heterocycles. The summed E-state index contributed by atoms with van der Waals surface area (Å²) in [6.07, 6.45) is 0. The fraction of sp³-hybridized carbons (Fsp3) is 0.231. The second kappa shape index (κ2) is 4.39. The zero-order valence-electron chi connectivity index (χ0n) is 9.38. The molecule has 0 amide bonds. The van der Waals surface area contributed by atoms with Crippen LogP contribution < -0.4 is 5.32 Å². The van der Waals surface area contributed by atoms with Crippen LogP contribution in [0.2, 0.25) is 0 Å². The van der Waals surface area contributed by atoms with Gasteiger partial charge >= 0.3 is 0 Å². The van der Waals surface area contributed by atoms with Gasteiger partial charge in [0, 0.05) is 11.3 Å². The van der Waals surface area contributed by atoms with Crippen molar-refractivity contribution in [2.45, 2.75) is 20.4 Å². The Hall–Kier alpha value is -1.77. The SMILES string of the molecule is Cc1ccc(CNc2cccc(F)c2C)o1. The van der Waals surface area contributed by atoms with Crippen LogP contribution in [0.1, 0.15) is 17.1 Å². The van der Waals surface area contributed by atoms with Crippen molar-refractivity contribution in [3.63, 3.8) is 0 Å². The lowest BCUT2D eigenvalue weighted by Crippen LogP contribution is -2.00.